The number of methoxy groups -OCH3 is 1. The van der Waals surface area contributed by atoms with Gasteiger partial charge in [0.05, 0.1) is 12.5 Å². The van der Waals surface area contributed by atoms with E-state index in [4.69, 9.17) is 9.72 Å². The van der Waals surface area contributed by atoms with E-state index in [9.17, 15) is 4.79 Å². The number of ether oxygens (including phenoxy) is 1. The number of hydrogen-bond donors (Lipinski definition) is 1. The molecule has 1 N–H and O–H groups in total. The van der Waals surface area contributed by atoms with Gasteiger partial charge in [0.2, 0.25) is 0 Å². The van der Waals surface area contributed by atoms with E-state index in [1.54, 1.807) is 18.4 Å². The fourth-order valence-electron chi connectivity index (χ4n) is 3.43. The summed E-state index contributed by atoms with van der Waals surface area (Å²) in [7, 11) is 1.65. The van der Waals surface area contributed by atoms with Crippen molar-refractivity contribution in [1.82, 2.24) is 9.97 Å². The Kier molecular flexibility index (Phi) is 5.08. The number of hydrogen-bond acceptors (Lipinski definition) is 4. The topological polar surface area (TPSA) is 55.0 Å². The molecule has 142 valence electrons. The zero-order valence-electron chi connectivity index (χ0n) is 15.8. The van der Waals surface area contributed by atoms with Gasteiger partial charge in [-0.05, 0) is 31.5 Å². The van der Waals surface area contributed by atoms with Crippen molar-refractivity contribution < 1.29 is 4.74 Å². The zero-order valence-corrected chi connectivity index (χ0v) is 18.2. The molecular formula is C22H19BrN2O2S. The van der Waals surface area contributed by atoms with E-state index in [0.717, 1.165) is 42.2 Å². The lowest BCUT2D eigenvalue weighted by molar-refractivity contribution is 0.410. The van der Waals surface area contributed by atoms with Crippen molar-refractivity contribution >= 4 is 37.5 Å². The average Bonchev–Trinajstić information content (AvgIpc) is 3.00. The highest BCUT2D eigenvalue weighted by atomic mass is 79.9. The Morgan fingerprint density at radius 2 is 1.96 bits per heavy atom. The summed E-state index contributed by atoms with van der Waals surface area (Å²) in [6.45, 7) is 4.09. The van der Waals surface area contributed by atoms with Crippen LogP contribution in [0.5, 0.6) is 5.75 Å². The van der Waals surface area contributed by atoms with Gasteiger partial charge in [-0.2, -0.15) is 0 Å². The van der Waals surface area contributed by atoms with Crippen molar-refractivity contribution in [2.45, 2.75) is 20.3 Å². The lowest BCUT2D eigenvalue weighted by Gasteiger charge is -2.08. The fraction of sp³-hybridized carbons (Fsp3) is 0.182. The molecule has 2 aromatic carbocycles. The van der Waals surface area contributed by atoms with Crippen LogP contribution in [0.1, 0.15) is 21.8 Å². The first-order valence-corrected chi connectivity index (χ1v) is 10.5. The minimum atomic E-state index is -0.109. The van der Waals surface area contributed by atoms with Crippen LogP contribution in [0.25, 0.3) is 21.3 Å². The number of thiophene rings is 1. The minimum Gasteiger partial charge on any atom is -0.496 e. The molecule has 4 aromatic rings. The van der Waals surface area contributed by atoms with E-state index in [2.05, 4.69) is 27.0 Å². The molecular weight excluding hydrogens is 436 g/mol. The Morgan fingerprint density at radius 1 is 1.18 bits per heavy atom. The quantitative estimate of drug-likeness (QED) is 0.434. The second kappa shape index (κ2) is 7.53. The SMILES string of the molecule is COc1ccccc1Cc1nc2sc(C)c(-c3cc(C)ccc3Br)c2c(=O)[nH]1. The van der Waals surface area contributed by atoms with E-state index in [0.29, 0.717) is 17.6 Å². The lowest BCUT2D eigenvalue weighted by Crippen LogP contribution is -2.12. The molecule has 0 saturated heterocycles. The predicted molar refractivity (Wildman–Crippen MR) is 119 cm³/mol. The van der Waals surface area contributed by atoms with E-state index in [1.165, 1.54) is 0 Å². The van der Waals surface area contributed by atoms with Crippen LogP contribution in [-0.4, -0.2) is 17.1 Å². The highest BCUT2D eigenvalue weighted by Gasteiger charge is 2.19. The van der Waals surface area contributed by atoms with Gasteiger partial charge in [-0.15, -0.1) is 11.3 Å². The van der Waals surface area contributed by atoms with Gasteiger partial charge >= 0.3 is 0 Å². The number of benzene rings is 2. The number of nitrogens with zero attached hydrogens (tertiary/aromatic N) is 1. The van der Waals surface area contributed by atoms with E-state index in [1.807, 2.05) is 50.2 Å². The number of fused-ring (bicyclic) bond motifs is 1. The first-order valence-electron chi connectivity index (χ1n) is 8.88. The highest BCUT2D eigenvalue weighted by Crippen LogP contribution is 2.39. The van der Waals surface area contributed by atoms with Crippen LogP contribution < -0.4 is 10.3 Å². The summed E-state index contributed by atoms with van der Waals surface area (Å²) < 4.78 is 6.39. The van der Waals surface area contributed by atoms with Gasteiger partial charge in [0.1, 0.15) is 16.4 Å². The number of nitrogens with one attached hydrogen (secondary N) is 1. The summed E-state index contributed by atoms with van der Waals surface area (Å²) in [4.78, 5) is 22.6. The third-order valence-corrected chi connectivity index (χ3v) is 6.42. The molecule has 0 spiro atoms. The highest BCUT2D eigenvalue weighted by molar-refractivity contribution is 9.10. The zero-order chi connectivity index (χ0) is 19.8. The number of rotatable bonds is 4. The first kappa shape index (κ1) is 18.9. The molecule has 4 rings (SSSR count). The van der Waals surface area contributed by atoms with Crippen LogP contribution in [0.4, 0.5) is 0 Å². The van der Waals surface area contributed by atoms with Crippen LogP contribution in [0.3, 0.4) is 0 Å². The van der Waals surface area contributed by atoms with Crippen molar-refractivity contribution in [3.8, 4) is 16.9 Å². The molecule has 0 aliphatic rings. The van der Waals surface area contributed by atoms with E-state index < -0.39 is 0 Å². The Labute approximate surface area is 175 Å². The summed E-state index contributed by atoms with van der Waals surface area (Å²) in [5.41, 5.74) is 4.00. The van der Waals surface area contributed by atoms with Crippen LogP contribution >= 0.6 is 27.3 Å². The van der Waals surface area contributed by atoms with Gasteiger partial charge in [0.25, 0.3) is 5.56 Å². The van der Waals surface area contributed by atoms with Crippen molar-refractivity contribution in [3.05, 3.63) is 79.1 Å². The number of aryl methyl sites for hydroxylation is 2. The Balaban J connectivity index is 1.86. The van der Waals surface area contributed by atoms with Crippen molar-refractivity contribution in [1.29, 1.82) is 0 Å². The second-order valence-corrected chi connectivity index (χ2v) is 8.76. The fourth-order valence-corrected chi connectivity index (χ4v) is 4.93. The Hall–Kier alpha value is -2.44. The molecule has 0 radical (unpaired) electrons. The number of aromatic nitrogens is 2. The monoisotopic (exact) mass is 454 g/mol. The molecule has 2 aromatic heterocycles. The smallest absolute Gasteiger partial charge is 0.260 e. The molecule has 0 aliphatic heterocycles. The van der Waals surface area contributed by atoms with Gasteiger partial charge in [0.15, 0.2) is 0 Å². The number of para-hydroxylation sites is 1. The second-order valence-electron chi connectivity index (χ2n) is 6.70. The molecule has 0 aliphatic carbocycles. The molecule has 0 atom stereocenters. The summed E-state index contributed by atoms with van der Waals surface area (Å²) in [5, 5.41) is 0.651. The van der Waals surface area contributed by atoms with Gasteiger partial charge in [0, 0.05) is 26.9 Å². The van der Waals surface area contributed by atoms with Gasteiger partial charge in [-0.3, -0.25) is 4.79 Å². The third-order valence-electron chi connectivity index (χ3n) is 4.73. The summed E-state index contributed by atoms with van der Waals surface area (Å²) >= 11 is 5.18. The normalized spacial score (nSPS) is 11.1. The lowest BCUT2D eigenvalue weighted by atomic mass is 10.0. The molecule has 0 fully saturated rings. The standard InChI is InChI=1S/C22H19BrN2O2S/c1-12-8-9-16(23)15(10-12)19-13(2)28-22-20(19)21(26)24-18(25-22)11-14-6-4-5-7-17(14)27-3/h4-10H,11H2,1-3H3,(H,24,25,26). The maximum Gasteiger partial charge on any atom is 0.260 e. The molecule has 0 bridgehead atoms. The van der Waals surface area contributed by atoms with Crippen LogP contribution in [0.2, 0.25) is 0 Å². The van der Waals surface area contributed by atoms with E-state index in [-0.39, 0.29) is 5.56 Å². The minimum absolute atomic E-state index is 0.109. The van der Waals surface area contributed by atoms with Crippen molar-refractivity contribution in [2.75, 3.05) is 7.11 Å². The molecule has 2 heterocycles. The predicted octanol–water partition coefficient (Wildman–Crippen LogP) is 5.63. The van der Waals surface area contributed by atoms with Crippen LogP contribution in [-0.2, 0) is 6.42 Å². The van der Waals surface area contributed by atoms with E-state index >= 15 is 0 Å². The maximum absolute atomic E-state index is 13.0. The largest absolute Gasteiger partial charge is 0.496 e. The van der Waals surface area contributed by atoms with Gasteiger partial charge < -0.3 is 9.72 Å². The van der Waals surface area contributed by atoms with Crippen molar-refractivity contribution in [3.63, 3.8) is 0 Å². The molecule has 0 saturated carbocycles. The maximum atomic E-state index is 13.0. The first-order chi connectivity index (χ1) is 13.5. The molecule has 0 amide bonds. The molecule has 4 nitrogen and oxygen atoms in total. The Bertz CT molecular complexity index is 1240. The van der Waals surface area contributed by atoms with Gasteiger partial charge in [-0.25, -0.2) is 4.98 Å². The van der Waals surface area contributed by atoms with Crippen molar-refractivity contribution in [2.24, 2.45) is 0 Å². The third kappa shape index (κ3) is 3.38. The molecule has 6 heteroatoms. The van der Waals surface area contributed by atoms with Gasteiger partial charge in [-0.1, -0.05) is 51.8 Å². The number of halogens is 1. The average molecular weight is 455 g/mol. The van der Waals surface area contributed by atoms with Crippen LogP contribution in [0, 0.1) is 13.8 Å². The number of H-pyrrole nitrogens is 1. The summed E-state index contributed by atoms with van der Waals surface area (Å²) in [6, 6.07) is 13.9. The molecule has 0 unspecified atom stereocenters. The number of aromatic amines is 1. The van der Waals surface area contributed by atoms with Crippen LogP contribution in [0.15, 0.2) is 51.7 Å². The summed E-state index contributed by atoms with van der Waals surface area (Å²) in [6.07, 6.45) is 0.510. The molecule has 28 heavy (non-hydrogen) atoms. The summed E-state index contributed by atoms with van der Waals surface area (Å²) in [5.74, 6) is 1.43. The Morgan fingerprint density at radius 3 is 2.75 bits per heavy atom.